The largest absolute Gasteiger partial charge is 0.353 e. The van der Waals surface area contributed by atoms with Crippen LogP contribution in [0.25, 0.3) is 0 Å². The van der Waals surface area contributed by atoms with Gasteiger partial charge in [-0.3, -0.25) is 4.79 Å². The van der Waals surface area contributed by atoms with E-state index in [0.717, 1.165) is 11.4 Å². The number of rotatable bonds is 3. The van der Waals surface area contributed by atoms with Crippen LogP contribution < -0.4 is 5.32 Å². The Morgan fingerprint density at radius 3 is 3.00 bits per heavy atom. The Labute approximate surface area is 104 Å². The van der Waals surface area contributed by atoms with E-state index in [-0.39, 0.29) is 17.9 Å². The summed E-state index contributed by atoms with van der Waals surface area (Å²) < 4.78 is 0.692. The minimum Gasteiger partial charge on any atom is -0.353 e. The normalized spacial score (nSPS) is 25.1. The molecule has 5 heteroatoms. The highest BCUT2D eigenvalue weighted by Crippen LogP contribution is 2.35. The first-order chi connectivity index (χ1) is 7.56. The summed E-state index contributed by atoms with van der Waals surface area (Å²) in [5, 5.41) is 4.01. The van der Waals surface area contributed by atoms with Gasteiger partial charge in [0.05, 0.1) is 11.2 Å². The number of nitrogens with zero attached hydrogens (tertiary/aromatic N) is 1. The summed E-state index contributed by atoms with van der Waals surface area (Å²) in [7, 11) is 0. The van der Waals surface area contributed by atoms with Crippen LogP contribution in [0.2, 0.25) is 4.34 Å². The van der Waals surface area contributed by atoms with Gasteiger partial charge in [0.25, 0.3) is 0 Å². The Balaban J connectivity index is 2.15. The van der Waals surface area contributed by atoms with Crippen molar-refractivity contribution in [2.24, 2.45) is 5.92 Å². The first kappa shape index (κ1) is 11.9. The van der Waals surface area contributed by atoms with Crippen LogP contribution in [0.4, 0.5) is 0 Å². The molecular formula is C11H15ClN2OS. The third-order valence-electron chi connectivity index (χ3n) is 2.78. The Morgan fingerprint density at radius 2 is 2.44 bits per heavy atom. The molecule has 1 aliphatic rings. The molecule has 2 rings (SSSR count). The van der Waals surface area contributed by atoms with Crippen LogP contribution >= 0.6 is 22.9 Å². The maximum Gasteiger partial charge on any atom is 0.221 e. The molecule has 3 nitrogen and oxygen atoms in total. The molecule has 1 saturated heterocycles. The first-order valence-electron chi connectivity index (χ1n) is 5.47. The second-order valence-electron chi connectivity index (χ2n) is 4.62. The fourth-order valence-electron chi connectivity index (χ4n) is 2.14. The van der Waals surface area contributed by atoms with Gasteiger partial charge in [0.15, 0.2) is 0 Å². The second-order valence-corrected chi connectivity index (χ2v) is 6.31. The van der Waals surface area contributed by atoms with E-state index in [1.54, 1.807) is 6.20 Å². The predicted octanol–water partition coefficient (Wildman–Crippen LogP) is 2.81. The van der Waals surface area contributed by atoms with E-state index in [2.05, 4.69) is 24.1 Å². The molecule has 1 amide bonds. The van der Waals surface area contributed by atoms with Gasteiger partial charge in [0.2, 0.25) is 5.91 Å². The van der Waals surface area contributed by atoms with Gasteiger partial charge in [0.1, 0.15) is 4.34 Å². The molecule has 1 fully saturated rings. The van der Waals surface area contributed by atoms with E-state index in [1.165, 1.54) is 11.3 Å². The number of aromatic nitrogens is 1. The summed E-state index contributed by atoms with van der Waals surface area (Å²) in [6, 6.07) is 0.217. The number of halogens is 1. The van der Waals surface area contributed by atoms with Crippen LogP contribution in [-0.2, 0) is 4.79 Å². The Hall–Kier alpha value is -0.610. The fourth-order valence-corrected chi connectivity index (χ4v) is 3.23. The molecule has 1 aliphatic heterocycles. The Kier molecular flexibility index (Phi) is 3.50. The lowest BCUT2D eigenvalue weighted by Crippen LogP contribution is -2.29. The van der Waals surface area contributed by atoms with E-state index in [1.807, 2.05) is 0 Å². The predicted molar refractivity (Wildman–Crippen MR) is 65.9 cm³/mol. The third-order valence-corrected chi connectivity index (χ3v) is 4.02. The van der Waals surface area contributed by atoms with Crippen molar-refractivity contribution in [3.63, 3.8) is 0 Å². The molecule has 0 saturated carbocycles. The molecule has 88 valence electrons. The molecule has 2 unspecified atom stereocenters. The fraction of sp³-hybridized carbons (Fsp3) is 0.636. The molecular weight excluding hydrogens is 244 g/mol. The van der Waals surface area contributed by atoms with Crippen molar-refractivity contribution in [2.75, 3.05) is 0 Å². The zero-order chi connectivity index (χ0) is 11.7. The minimum atomic E-state index is 0.127. The number of amides is 1. The summed E-state index contributed by atoms with van der Waals surface area (Å²) in [4.78, 5) is 15.7. The van der Waals surface area contributed by atoms with Crippen molar-refractivity contribution in [3.05, 3.63) is 15.5 Å². The van der Waals surface area contributed by atoms with Gasteiger partial charge in [0, 0.05) is 18.4 Å². The van der Waals surface area contributed by atoms with Crippen LogP contribution in [0.5, 0.6) is 0 Å². The highest BCUT2D eigenvalue weighted by atomic mass is 35.5. The molecule has 2 heterocycles. The highest BCUT2D eigenvalue weighted by Gasteiger charge is 2.35. The van der Waals surface area contributed by atoms with Gasteiger partial charge in [-0.05, 0) is 12.3 Å². The number of hydrogen-bond donors (Lipinski definition) is 1. The lowest BCUT2D eigenvalue weighted by atomic mass is 9.93. The molecule has 0 aromatic carbocycles. The topological polar surface area (TPSA) is 42.0 Å². The Morgan fingerprint density at radius 1 is 1.69 bits per heavy atom. The van der Waals surface area contributed by atoms with Gasteiger partial charge in [-0.15, -0.1) is 11.3 Å². The molecule has 0 spiro atoms. The number of thiazole rings is 1. The average molecular weight is 259 g/mol. The van der Waals surface area contributed by atoms with Crippen LogP contribution in [0.15, 0.2) is 6.20 Å². The Bertz CT molecular complexity index is 391. The monoisotopic (exact) mass is 258 g/mol. The lowest BCUT2D eigenvalue weighted by Gasteiger charge is -2.18. The minimum absolute atomic E-state index is 0.127. The van der Waals surface area contributed by atoms with Crippen molar-refractivity contribution in [2.45, 2.75) is 38.6 Å². The standard InChI is InChI=1S/C11H15ClN2OS/c1-6(2)3-8-7(4-10(15)14-8)11-13-5-9(12)16-11/h5-8H,3-4H2,1-2H3,(H,14,15). The summed E-state index contributed by atoms with van der Waals surface area (Å²) in [6.07, 6.45) is 3.20. The SMILES string of the molecule is CC(C)CC1NC(=O)CC1c1ncc(Cl)s1. The van der Waals surface area contributed by atoms with Gasteiger partial charge in [-0.25, -0.2) is 4.98 Å². The maximum atomic E-state index is 11.5. The van der Waals surface area contributed by atoms with E-state index in [0.29, 0.717) is 16.7 Å². The number of carbonyl (C=O) groups is 1. The third kappa shape index (κ3) is 2.55. The highest BCUT2D eigenvalue weighted by molar-refractivity contribution is 7.15. The number of carbonyl (C=O) groups excluding carboxylic acids is 1. The first-order valence-corrected chi connectivity index (χ1v) is 6.66. The van der Waals surface area contributed by atoms with Gasteiger partial charge in [-0.2, -0.15) is 0 Å². The van der Waals surface area contributed by atoms with Crippen molar-refractivity contribution < 1.29 is 4.79 Å². The number of hydrogen-bond acceptors (Lipinski definition) is 3. The van der Waals surface area contributed by atoms with Crippen LogP contribution in [-0.4, -0.2) is 16.9 Å². The average Bonchev–Trinajstić information content (AvgIpc) is 2.72. The lowest BCUT2D eigenvalue weighted by molar-refractivity contribution is -0.119. The zero-order valence-corrected chi connectivity index (χ0v) is 10.9. The zero-order valence-electron chi connectivity index (χ0n) is 9.37. The molecule has 2 atom stereocenters. The van der Waals surface area contributed by atoms with Gasteiger partial charge in [-0.1, -0.05) is 25.4 Å². The van der Waals surface area contributed by atoms with Gasteiger partial charge < -0.3 is 5.32 Å². The molecule has 1 aromatic rings. The molecule has 0 bridgehead atoms. The van der Waals surface area contributed by atoms with E-state index in [9.17, 15) is 4.79 Å². The summed E-state index contributed by atoms with van der Waals surface area (Å²) in [6.45, 7) is 4.33. The van der Waals surface area contributed by atoms with Crippen molar-refractivity contribution in [1.29, 1.82) is 0 Å². The van der Waals surface area contributed by atoms with Gasteiger partial charge >= 0.3 is 0 Å². The smallest absolute Gasteiger partial charge is 0.221 e. The molecule has 1 N–H and O–H groups in total. The number of nitrogens with one attached hydrogen (secondary N) is 1. The quantitative estimate of drug-likeness (QED) is 0.906. The van der Waals surface area contributed by atoms with Crippen LogP contribution in [0.3, 0.4) is 0 Å². The van der Waals surface area contributed by atoms with E-state index < -0.39 is 0 Å². The molecule has 0 aliphatic carbocycles. The van der Waals surface area contributed by atoms with E-state index in [4.69, 9.17) is 11.6 Å². The molecule has 1 aromatic heterocycles. The second kappa shape index (κ2) is 4.72. The summed E-state index contributed by atoms with van der Waals surface area (Å²) in [5.41, 5.74) is 0. The summed E-state index contributed by atoms with van der Waals surface area (Å²) in [5.74, 6) is 0.899. The van der Waals surface area contributed by atoms with E-state index >= 15 is 0 Å². The molecule has 0 radical (unpaired) electrons. The van der Waals surface area contributed by atoms with Crippen LogP contribution in [0, 0.1) is 5.92 Å². The maximum absolute atomic E-state index is 11.5. The molecule has 16 heavy (non-hydrogen) atoms. The van der Waals surface area contributed by atoms with Crippen molar-refractivity contribution in [1.82, 2.24) is 10.3 Å². The van der Waals surface area contributed by atoms with Crippen molar-refractivity contribution >= 4 is 28.8 Å². The summed E-state index contributed by atoms with van der Waals surface area (Å²) >= 11 is 7.36. The van der Waals surface area contributed by atoms with Crippen molar-refractivity contribution in [3.8, 4) is 0 Å². The van der Waals surface area contributed by atoms with Crippen LogP contribution in [0.1, 0.15) is 37.6 Å².